The van der Waals surface area contributed by atoms with Crippen molar-refractivity contribution in [1.29, 1.82) is 0 Å². The largest absolute Gasteiger partial charge is 0.497 e. The highest BCUT2D eigenvalue weighted by Crippen LogP contribution is 2.16. The molecule has 0 radical (unpaired) electrons. The van der Waals surface area contributed by atoms with Gasteiger partial charge in [-0.3, -0.25) is 0 Å². The minimum atomic E-state index is -0.269. The van der Waals surface area contributed by atoms with Gasteiger partial charge in [-0.1, -0.05) is 0 Å². The zero-order chi connectivity index (χ0) is 19.1. The molecule has 0 aliphatic carbocycles. The van der Waals surface area contributed by atoms with Gasteiger partial charge in [0.05, 0.1) is 26.9 Å². The van der Waals surface area contributed by atoms with E-state index >= 15 is 0 Å². The molecular formula is C20H25FN3O2S+. The summed E-state index contributed by atoms with van der Waals surface area (Å²) < 4.78 is 23.8. The summed E-state index contributed by atoms with van der Waals surface area (Å²) in [6.45, 7) is 4.13. The molecule has 2 aromatic carbocycles. The van der Waals surface area contributed by atoms with Crippen molar-refractivity contribution in [2.24, 2.45) is 0 Å². The van der Waals surface area contributed by atoms with E-state index in [-0.39, 0.29) is 11.9 Å². The lowest BCUT2D eigenvalue weighted by Gasteiger charge is -2.32. The van der Waals surface area contributed by atoms with Crippen molar-refractivity contribution in [1.82, 2.24) is 5.32 Å². The molecule has 3 N–H and O–H groups in total. The maximum absolute atomic E-state index is 13.0. The molecule has 0 amide bonds. The molecule has 2 aromatic rings. The van der Waals surface area contributed by atoms with Gasteiger partial charge in [0.2, 0.25) is 0 Å². The zero-order valence-electron chi connectivity index (χ0n) is 15.3. The molecule has 1 atom stereocenters. The van der Waals surface area contributed by atoms with Gasteiger partial charge in [-0.15, -0.1) is 0 Å². The second-order valence-electron chi connectivity index (χ2n) is 6.44. The van der Waals surface area contributed by atoms with Crippen LogP contribution in [-0.4, -0.2) is 45.1 Å². The Morgan fingerprint density at radius 2 is 1.81 bits per heavy atom. The van der Waals surface area contributed by atoms with Gasteiger partial charge in [0.15, 0.2) is 5.11 Å². The summed E-state index contributed by atoms with van der Waals surface area (Å²) in [5.41, 5.74) is 1.98. The van der Waals surface area contributed by atoms with Crippen LogP contribution in [0.4, 0.5) is 10.1 Å². The van der Waals surface area contributed by atoms with E-state index in [1.165, 1.54) is 22.6 Å². The van der Waals surface area contributed by atoms with E-state index in [0.717, 1.165) is 37.7 Å². The van der Waals surface area contributed by atoms with Crippen molar-refractivity contribution in [3.05, 3.63) is 59.9 Å². The Morgan fingerprint density at radius 1 is 1.15 bits per heavy atom. The molecule has 27 heavy (non-hydrogen) atoms. The van der Waals surface area contributed by atoms with E-state index in [1.54, 1.807) is 19.2 Å². The Morgan fingerprint density at radius 3 is 2.44 bits per heavy atom. The first-order chi connectivity index (χ1) is 13.2. The number of hydrogen-bond donors (Lipinski definition) is 3. The van der Waals surface area contributed by atoms with Crippen molar-refractivity contribution in [2.75, 3.05) is 45.3 Å². The van der Waals surface area contributed by atoms with E-state index in [4.69, 9.17) is 21.7 Å². The number of morpholine rings is 1. The molecule has 1 aliphatic heterocycles. The van der Waals surface area contributed by atoms with Crippen LogP contribution in [0.1, 0.15) is 11.6 Å². The lowest BCUT2D eigenvalue weighted by Crippen LogP contribution is -3.15. The van der Waals surface area contributed by atoms with Crippen molar-refractivity contribution in [2.45, 2.75) is 6.04 Å². The Bertz CT molecular complexity index is 734. The van der Waals surface area contributed by atoms with Gasteiger partial charge in [0, 0.05) is 11.3 Å². The van der Waals surface area contributed by atoms with E-state index in [9.17, 15) is 4.39 Å². The SMILES string of the molecule is COc1ccc([C@H](CNC(=S)Nc2ccc(F)cc2)[NH+]2CCOCC2)cc1. The summed E-state index contributed by atoms with van der Waals surface area (Å²) in [4.78, 5) is 1.46. The molecule has 0 aromatic heterocycles. The van der Waals surface area contributed by atoms with Gasteiger partial charge in [-0.25, -0.2) is 4.39 Å². The number of methoxy groups -OCH3 is 1. The quantitative estimate of drug-likeness (QED) is 0.657. The number of halogens is 1. The van der Waals surface area contributed by atoms with Crippen LogP contribution in [0.5, 0.6) is 5.75 Å². The molecule has 0 bridgehead atoms. The highest BCUT2D eigenvalue weighted by Gasteiger charge is 2.26. The molecule has 0 unspecified atom stereocenters. The summed E-state index contributed by atoms with van der Waals surface area (Å²) in [7, 11) is 1.67. The number of quaternary nitrogens is 1. The van der Waals surface area contributed by atoms with Crippen molar-refractivity contribution < 1.29 is 18.8 Å². The minimum Gasteiger partial charge on any atom is -0.497 e. The van der Waals surface area contributed by atoms with Crippen molar-refractivity contribution >= 4 is 23.0 Å². The Hall–Kier alpha value is -2.22. The van der Waals surface area contributed by atoms with Crippen LogP contribution >= 0.6 is 12.2 Å². The first-order valence-corrected chi connectivity index (χ1v) is 9.43. The predicted octanol–water partition coefficient (Wildman–Crippen LogP) is 1.78. The molecular weight excluding hydrogens is 365 g/mol. The average Bonchev–Trinajstić information content (AvgIpc) is 2.71. The molecule has 1 saturated heterocycles. The molecule has 0 saturated carbocycles. The van der Waals surface area contributed by atoms with Crippen molar-refractivity contribution in [3.63, 3.8) is 0 Å². The van der Waals surface area contributed by atoms with Gasteiger partial charge in [0.1, 0.15) is 30.7 Å². The third-order valence-electron chi connectivity index (χ3n) is 4.71. The minimum absolute atomic E-state index is 0.243. The van der Waals surface area contributed by atoms with E-state index < -0.39 is 0 Å². The van der Waals surface area contributed by atoms with E-state index in [0.29, 0.717) is 11.7 Å². The van der Waals surface area contributed by atoms with Crippen LogP contribution in [0.2, 0.25) is 0 Å². The summed E-state index contributed by atoms with van der Waals surface area (Å²) in [5.74, 6) is 0.575. The van der Waals surface area contributed by atoms with Crippen LogP contribution in [0, 0.1) is 5.82 Å². The van der Waals surface area contributed by atoms with Crippen LogP contribution in [-0.2, 0) is 4.74 Å². The second kappa shape index (κ2) is 9.64. The van der Waals surface area contributed by atoms with Crippen LogP contribution < -0.4 is 20.3 Å². The summed E-state index contributed by atoms with van der Waals surface area (Å²) in [6, 6.07) is 14.6. The fourth-order valence-corrected chi connectivity index (χ4v) is 3.42. The third kappa shape index (κ3) is 5.63. The number of anilines is 1. The average molecular weight is 391 g/mol. The normalized spacial score (nSPS) is 15.8. The van der Waals surface area contributed by atoms with E-state index in [1.807, 2.05) is 12.1 Å². The van der Waals surface area contributed by atoms with Crippen LogP contribution in [0.25, 0.3) is 0 Å². The summed E-state index contributed by atoms with van der Waals surface area (Å²) in [6.07, 6.45) is 0. The highest BCUT2D eigenvalue weighted by molar-refractivity contribution is 7.80. The zero-order valence-corrected chi connectivity index (χ0v) is 16.2. The Balaban J connectivity index is 1.64. The standard InChI is InChI=1S/C20H24FN3O2S/c1-25-18-8-2-15(3-9-18)19(24-10-12-26-13-11-24)14-22-20(27)23-17-6-4-16(21)5-7-17/h2-9,19H,10-14H2,1H3,(H2,22,23,27)/p+1/t19-/m0/s1. The molecule has 7 heteroatoms. The number of hydrogen-bond acceptors (Lipinski definition) is 3. The van der Waals surface area contributed by atoms with Gasteiger partial charge in [-0.2, -0.15) is 0 Å². The van der Waals surface area contributed by atoms with Crippen LogP contribution in [0.3, 0.4) is 0 Å². The molecule has 144 valence electrons. The van der Waals surface area contributed by atoms with E-state index in [2.05, 4.69) is 22.8 Å². The summed E-state index contributed by atoms with van der Waals surface area (Å²) in [5, 5.41) is 6.92. The number of benzene rings is 2. The van der Waals surface area contributed by atoms with Gasteiger partial charge < -0.3 is 25.0 Å². The number of rotatable bonds is 6. The maximum Gasteiger partial charge on any atom is 0.171 e. The van der Waals surface area contributed by atoms with Gasteiger partial charge in [-0.05, 0) is 60.7 Å². The number of ether oxygens (including phenoxy) is 2. The van der Waals surface area contributed by atoms with Gasteiger partial charge >= 0.3 is 0 Å². The lowest BCUT2D eigenvalue weighted by molar-refractivity contribution is -0.937. The first-order valence-electron chi connectivity index (χ1n) is 9.02. The third-order valence-corrected chi connectivity index (χ3v) is 4.96. The molecule has 1 heterocycles. The second-order valence-corrected chi connectivity index (χ2v) is 6.85. The number of nitrogens with one attached hydrogen (secondary N) is 3. The topological polar surface area (TPSA) is 47.0 Å². The molecule has 3 rings (SSSR count). The smallest absolute Gasteiger partial charge is 0.171 e. The fourth-order valence-electron chi connectivity index (χ4n) is 3.22. The first kappa shape index (κ1) is 19.5. The lowest BCUT2D eigenvalue weighted by atomic mass is 10.0. The Kier molecular flexibility index (Phi) is 6.98. The van der Waals surface area contributed by atoms with Gasteiger partial charge in [0.25, 0.3) is 0 Å². The molecule has 0 spiro atoms. The number of thiocarbonyl (C=S) groups is 1. The molecule has 1 fully saturated rings. The molecule has 1 aliphatic rings. The summed E-state index contributed by atoms with van der Waals surface area (Å²) >= 11 is 5.41. The monoisotopic (exact) mass is 390 g/mol. The fraction of sp³-hybridized carbons (Fsp3) is 0.350. The van der Waals surface area contributed by atoms with Crippen molar-refractivity contribution in [3.8, 4) is 5.75 Å². The Labute approximate surface area is 164 Å². The highest BCUT2D eigenvalue weighted by atomic mass is 32.1. The predicted molar refractivity (Wildman–Crippen MR) is 108 cm³/mol. The van der Waals surface area contributed by atoms with Crippen LogP contribution in [0.15, 0.2) is 48.5 Å². The maximum atomic E-state index is 13.0. The molecule has 5 nitrogen and oxygen atoms in total.